The Labute approximate surface area is 150 Å². The van der Waals surface area contributed by atoms with E-state index in [4.69, 9.17) is 14.2 Å². The van der Waals surface area contributed by atoms with Crippen LogP contribution in [-0.4, -0.2) is 45.0 Å². The van der Waals surface area contributed by atoms with Crippen molar-refractivity contribution >= 4 is 11.7 Å². The summed E-state index contributed by atoms with van der Waals surface area (Å²) in [7, 11) is 1.43. The van der Waals surface area contributed by atoms with Gasteiger partial charge in [-0.15, -0.1) is 0 Å². The number of hydrogen-bond donors (Lipinski definition) is 0. The molecule has 1 saturated carbocycles. The molecule has 1 heterocycles. The summed E-state index contributed by atoms with van der Waals surface area (Å²) in [5, 5.41) is 0. The van der Waals surface area contributed by atoms with Crippen molar-refractivity contribution in [1.29, 1.82) is 0 Å². The maximum Gasteiger partial charge on any atom is 0.338 e. The van der Waals surface area contributed by atoms with E-state index in [1.165, 1.54) is 13.5 Å². The summed E-state index contributed by atoms with van der Waals surface area (Å²) in [6, 6.07) is 4.36. The number of benzene rings is 1. The monoisotopic (exact) mass is 347 g/mol. The van der Waals surface area contributed by atoms with E-state index in [0.29, 0.717) is 11.6 Å². The number of ether oxygens (including phenoxy) is 3. The highest BCUT2D eigenvalue weighted by Crippen LogP contribution is 2.35. The second-order valence-corrected chi connectivity index (χ2v) is 6.91. The molecule has 25 heavy (non-hydrogen) atoms. The third-order valence-electron chi connectivity index (χ3n) is 5.40. The van der Waals surface area contributed by atoms with Gasteiger partial charge in [0.25, 0.3) is 0 Å². The van der Waals surface area contributed by atoms with Crippen LogP contribution in [0.2, 0.25) is 0 Å². The second kappa shape index (κ2) is 8.09. The lowest BCUT2D eigenvalue weighted by molar-refractivity contribution is 0.0598. The van der Waals surface area contributed by atoms with Crippen molar-refractivity contribution in [3.8, 4) is 5.75 Å². The Morgan fingerprint density at radius 3 is 2.52 bits per heavy atom. The average Bonchev–Trinajstić information content (AvgIpc) is 2.61. The summed E-state index contributed by atoms with van der Waals surface area (Å²) in [5.74, 6) is 0.469. The molecule has 0 atom stereocenters. The number of carbonyl (C=O) groups excluding carboxylic acids is 1. The maximum absolute atomic E-state index is 12.3. The largest absolute Gasteiger partial charge is 0.490 e. The first kappa shape index (κ1) is 18.1. The molecule has 1 aromatic carbocycles. The van der Waals surface area contributed by atoms with E-state index in [2.05, 4.69) is 17.9 Å². The van der Waals surface area contributed by atoms with Crippen LogP contribution < -0.4 is 9.64 Å². The molecule has 0 bridgehead atoms. The summed E-state index contributed by atoms with van der Waals surface area (Å²) in [6.07, 6.45) is 5.70. The fraction of sp³-hybridized carbons (Fsp3) is 0.650. The minimum atomic E-state index is -0.305. The minimum Gasteiger partial charge on any atom is -0.490 e. The van der Waals surface area contributed by atoms with E-state index in [1.54, 1.807) is 0 Å². The predicted molar refractivity (Wildman–Crippen MR) is 97.6 cm³/mol. The molecular formula is C20H29NO4. The third kappa shape index (κ3) is 3.92. The van der Waals surface area contributed by atoms with Crippen molar-refractivity contribution in [2.45, 2.75) is 58.1 Å². The average molecular weight is 347 g/mol. The van der Waals surface area contributed by atoms with E-state index in [0.717, 1.165) is 62.4 Å². The summed E-state index contributed by atoms with van der Waals surface area (Å²) < 4.78 is 16.6. The highest BCUT2D eigenvalue weighted by atomic mass is 16.5. The van der Waals surface area contributed by atoms with E-state index in [1.807, 2.05) is 13.0 Å². The van der Waals surface area contributed by atoms with Gasteiger partial charge in [-0.25, -0.2) is 4.79 Å². The van der Waals surface area contributed by atoms with E-state index in [-0.39, 0.29) is 12.1 Å². The van der Waals surface area contributed by atoms with Crippen LogP contribution in [0.1, 0.15) is 54.9 Å². The summed E-state index contributed by atoms with van der Waals surface area (Å²) in [5.41, 5.74) is 2.63. The van der Waals surface area contributed by atoms with Crippen LogP contribution in [0.4, 0.5) is 5.69 Å². The lowest BCUT2D eigenvalue weighted by Gasteiger charge is -2.37. The maximum atomic E-state index is 12.3. The van der Waals surface area contributed by atoms with Crippen LogP contribution in [0.5, 0.6) is 5.75 Å². The van der Waals surface area contributed by atoms with Gasteiger partial charge in [-0.05, 0) is 57.6 Å². The van der Waals surface area contributed by atoms with Crippen LogP contribution in [0.15, 0.2) is 12.1 Å². The highest BCUT2D eigenvalue weighted by Gasteiger charge is 2.26. The molecule has 5 nitrogen and oxygen atoms in total. The Kier molecular flexibility index (Phi) is 5.84. The van der Waals surface area contributed by atoms with Gasteiger partial charge < -0.3 is 19.1 Å². The molecule has 1 saturated heterocycles. The van der Waals surface area contributed by atoms with Gasteiger partial charge in [0.2, 0.25) is 0 Å². The third-order valence-corrected chi connectivity index (χ3v) is 5.40. The molecule has 1 aliphatic heterocycles. The van der Waals surface area contributed by atoms with E-state index < -0.39 is 0 Å². The molecule has 0 radical (unpaired) electrons. The smallest absolute Gasteiger partial charge is 0.338 e. The molecule has 138 valence electrons. The number of esters is 1. The number of carbonyl (C=O) groups is 1. The first-order chi connectivity index (χ1) is 12.1. The zero-order valence-electron chi connectivity index (χ0n) is 15.5. The molecular weight excluding hydrogens is 318 g/mol. The Hall–Kier alpha value is -1.75. The van der Waals surface area contributed by atoms with E-state index in [9.17, 15) is 4.79 Å². The molecule has 2 aliphatic rings. The van der Waals surface area contributed by atoms with Gasteiger partial charge in [-0.2, -0.15) is 0 Å². The van der Waals surface area contributed by atoms with Gasteiger partial charge in [-0.3, -0.25) is 0 Å². The predicted octanol–water partition coefficient (Wildman–Crippen LogP) is 3.72. The first-order valence-electron chi connectivity index (χ1n) is 9.38. The van der Waals surface area contributed by atoms with Crippen molar-refractivity contribution < 1.29 is 19.0 Å². The van der Waals surface area contributed by atoms with Gasteiger partial charge in [0.15, 0.2) is 0 Å². The van der Waals surface area contributed by atoms with Crippen molar-refractivity contribution in [1.82, 2.24) is 0 Å². The van der Waals surface area contributed by atoms with Crippen LogP contribution in [0, 0.1) is 6.92 Å². The zero-order chi connectivity index (χ0) is 17.8. The molecule has 5 heteroatoms. The number of nitrogens with zero attached hydrogens (tertiary/aromatic N) is 1. The molecule has 0 spiro atoms. The van der Waals surface area contributed by atoms with Gasteiger partial charge in [0.05, 0.1) is 18.8 Å². The van der Waals surface area contributed by atoms with Crippen molar-refractivity contribution in [3.63, 3.8) is 0 Å². The molecule has 0 aromatic heterocycles. The Balaban J connectivity index is 1.96. The van der Waals surface area contributed by atoms with Crippen molar-refractivity contribution in [3.05, 3.63) is 23.3 Å². The highest BCUT2D eigenvalue weighted by molar-refractivity contribution is 5.93. The molecule has 1 aliphatic carbocycles. The quantitative estimate of drug-likeness (QED) is 0.734. The second-order valence-electron chi connectivity index (χ2n) is 6.91. The minimum absolute atomic E-state index is 0.277. The normalized spacial score (nSPS) is 18.5. The fourth-order valence-corrected chi connectivity index (χ4v) is 3.66. The molecule has 1 aromatic rings. The molecule has 2 fully saturated rings. The number of anilines is 1. The Morgan fingerprint density at radius 2 is 1.96 bits per heavy atom. The van der Waals surface area contributed by atoms with Crippen LogP contribution in [-0.2, 0) is 9.47 Å². The van der Waals surface area contributed by atoms with Crippen molar-refractivity contribution in [2.24, 2.45) is 0 Å². The summed E-state index contributed by atoms with van der Waals surface area (Å²) >= 11 is 0. The molecule has 0 unspecified atom stereocenters. The standard InChI is InChI=1S/C20H29NO4/c1-4-21(15-8-10-24-11-9-15)19-13-17(25-16-6-5-7-16)12-18(14(19)2)20(22)23-3/h12-13,15-16H,4-11H2,1-3H3. The van der Waals surface area contributed by atoms with Gasteiger partial charge in [-0.1, -0.05) is 0 Å². The number of rotatable bonds is 6. The number of hydrogen-bond acceptors (Lipinski definition) is 5. The van der Waals surface area contributed by atoms with Crippen LogP contribution in [0.3, 0.4) is 0 Å². The first-order valence-corrected chi connectivity index (χ1v) is 9.38. The van der Waals surface area contributed by atoms with Crippen LogP contribution in [0.25, 0.3) is 0 Å². The Morgan fingerprint density at radius 1 is 1.24 bits per heavy atom. The topological polar surface area (TPSA) is 48.0 Å². The zero-order valence-corrected chi connectivity index (χ0v) is 15.5. The van der Waals surface area contributed by atoms with Gasteiger partial charge in [0.1, 0.15) is 5.75 Å². The molecule has 0 amide bonds. The lowest BCUT2D eigenvalue weighted by Crippen LogP contribution is -2.40. The van der Waals surface area contributed by atoms with Gasteiger partial charge in [0, 0.05) is 37.6 Å². The van der Waals surface area contributed by atoms with Crippen molar-refractivity contribution in [2.75, 3.05) is 31.8 Å². The van der Waals surface area contributed by atoms with Gasteiger partial charge >= 0.3 is 5.97 Å². The number of methoxy groups -OCH3 is 1. The summed E-state index contributed by atoms with van der Waals surface area (Å²) in [6.45, 7) is 6.63. The molecule has 0 N–H and O–H groups in total. The summed E-state index contributed by atoms with van der Waals surface area (Å²) in [4.78, 5) is 14.7. The van der Waals surface area contributed by atoms with E-state index >= 15 is 0 Å². The Bertz CT molecular complexity index is 606. The molecule has 3 rings (SSSR count). The van der Waals surface area contributed by atoms with Crippen LogP contribution >= 0.6 is 0 Å². The SMILES string of the molecule is CCN(c1cc(OC2CCC2)cc(C(=O)OC)c1C)C1CCOCC1. The fourth-order valence-electron chi connectivity index (χ4n) is 3.66. The lowest BCUT2D eigenvalue weighted by atomic mass is 9.96.